The number of hydrogen-bond donors (Lipinski definition) is 1. The van der Waals surface area contributed by atoms with Gasteiger partial charge in [0.2, 0.25) is 0 Å². The lowest BCUT2D eigenvalue weighted by Gasteiger charge is -2.52. The summed E-state index contributed by atoms with van der Waals surface area (Å²) in [6.45, 7) is 11.5. The van der Waals surface area contributed by atoms with E-state index in [0.717, 1.165) is 26.2 Å². The average Bonchev–Trinajstić information content (AvgIpc) is 2.22. The third-order valence-electron chi connectivity index (χ3n) is 3.71. The first-order chi connectivity index (χ1) is 7.52. The zero-order valence-electron chi connectivity index (χ0n) is 11.4. The highest BCUT2D eigenvalue weighted by Gasteiger charge is 2.48. The van der Waals surface area contributed by atoms with E-state index in [1.54, 1.807) is 7.11 Å². The molecule has 0 aromatic rings. The fourth-order valence-electron chi connectivity index (χ4n) is 2.40. The quantitative estimate of drug-likeness (QED) is 0.725. The molecule has 1 rings (SSSR count). The largest absolute Gasteiger partial charge is 0.384 e. The monoisotopic (exact) mass is 229 g/mol. The molecular weight excluding hydrogens is 202 g/mol. The van der Waals surface area contributed by atoms with E-state index in [1.165, 1.54) is 0 Å². The summed E-state index contributed by atoms with van der Waals surface area (Å²) >= 11 is 0. The fourth-order valence-corrected chi connectivity index (χ4v) is 2.40. The normalized spacial score (nSPS) is 29.8. The van der Waals surface area contributed by atoms with Gasteiger partial charge in [0.15, 0.2) is 0 Å². The minimum atomic E-state index is 0.267. The first-order valence-electron chi connectivity index (χ1n) is 6.36. The van der Waals surface area contributed by atoms with Crippen molar-refractivity contribution in [1.82, 2.24) is 5.32 Å². The van der Waals surface area contributed by atoms with Crippen LogP contribution in [0.3, 0.4) is 0 Å². The second-order valence-electron chi connectivity index (χ2n) is 5.52. The molecule has 0 spiro atoms. The van der Waals surface area contributed by atoms with E-state index in [1.807, 2.05) is 0 Å². The van der Waals surface area contributed by atoms with Crippen molar-refractivity contribution in [2.24, 2.45) is 11.3 Å². The SMILES string of the molecule is CCOC1CC(NCC(C)COC)C1(C)C. The van der Waals surface area contributed by atoms with E-state index in [4.69, 9.17) is 9.47 Å². The third kappa shape index (κ3) is 3.19. The summed E-state index contributed by atoms with van der Waals surface area (Å²) < 4.78 is 10.8. The van der Waals surface area contributed by atoms with Gasteiger partial charge in [0, 0.05) is 38.3 Å². The highest BCUT2D eigenvalue weighted by atomic mass is 16.5. The number of nitrogens with one attached hydrogen (secondary N) is 1. The second-order valence-corrected chi connectivity index (χ2v) is 5.52. The van der Waals surface area contributed by atoms with Crippen LogP contribution >= 0.6 is 0 Å². The topological polar surface area (TPSA) is 30.5 Å². The Labute approximate surface area is 99.9 Å². The van der Waals surface area contributed by atoms with E-state index in [-0.39, 0.29) is 5.41 Å². The molecule has 3 heteroatoms. The summed E-state index contributed by atoms with van der Waals surface area (Å²) in [4.78, 5) is 0. The molecule has 0 aliphatic heterocycles. The molecule has 0 bridgehead atoms. The van der Waals surface area contributed by atoms with Crippen LogP contribution in [0.5, 0.6) is 0 Å². The Hall–Kier alpha value is -0.120. The maximum atomic E-state index is 5.71. The van der Waals surface area contributed by atoms with Gasteiger partial charge >= 0.3 is 0 Å². The minimum absolute atomic E-state index is 0.267. The van der Waals surface area contributed by atoms with Gasteiger partial charge in [0.1, 0.15) is 0 Å². The fraction of sp³-hybridized carbons (Fsp3) is 1.00. The lowest BCUT2D eigenvalue weighted by molar-refractivity contribution is -0.114. The van der Waals surface area contributed by atoms with Crippen LogP contribution in [0.25, 0.3) is 0 Å². The number of methoxy groups -OCH3 is 1. The lowest BCUT2D eigenvalue weighted by Crippen LogP contribution is -2.61. The number of hydrogen-bond acceptors (Lipinski definition) is 3. The van der Waals surface area contributed by atoms with Crippen LogP contribution in [0.15, 0.2) is 0 Å². The van der Waals surface area contributed by atoms with Crippen molar-refractivity contribution < 1.29 is 9.47 Å². The third-order valence-corrected chi connectivity index (χ3v) is 3.71. The molecule has 3 unspecified atom stereocenters. The van der Waals surface area contributed by atoms with Gasteiger partial charge in [-0.25, -0.2) is 0 Å². The van der Waals surface area contributed by atoms with Crippen LogP contribution < -0.4 is 5.32 Å². The molecule has 0 amide bonds. The van der Waals surface area contributed by atoms with Gasteiger partial charge in [-0.05, 0) is 19.3 Å². The summed E-state index contributed by atoms with van der Waals surface area (Å²) in [5, 5.41) is 3.62. The van der Waals surface area contributed by atoms with Crippen LogP contribution in [0, 0.1) is 11.3 Å². The van der Waals surface area contributed by atoms with Crippen molar-refractivity contribution >= 4 is 0 Å². The van der Waals surface area contributed by atoms with Crippen molar-refractivity contribution in [2.45, 2.75) is 46.3 Å². The van der Waals surface area contributed by atoms with Gasteiger partial charge in [-0.1, -0.05) is 20.8 Å². The molecule has 0 radical (unpaired) electrons. The first kappa shape index (κ1) is 13.9. The molecule has 96 valence electrons. The van der Waals surface area contributed by atoms with Crippen molar-refractivity contribution in [3.63, 3.8) is 0 Å². The molecule has 1 fully saturated rings. The van der Waals surface area contributed by atoms with Crippen LogP contribution in [0.4, 0.5) is 0 Å². The van der Waals surface area contributed by atoms with Gasteiger partial charge in [0.25, 0.3) is 0 Å². The Kier molecular flexibility index (Phi) is 5.22. The summed E-state index contributed by atoms with van der Waals surface area (Å²) in [5.41, 5.74) is 0.267. The molecular formula is C13H27NO2. The Morgan fingerprint density at radius 3 is 2.62 bits per heavy atom. The second kappa shape index (κ2) is 5.99. The summed E-state index contributed by atoms with van der Waals surface area (Å²) in [5.74, 6) is 0.576. The van der Waals surface area contributed by atoms with E-state index in [2.05, 4.69) is 33.0 Å². The van der Waals surface area contributed by atoms with Gasteiger partial charge in [0.05, 0.1) is 6.10 Å². The van der Waals surface area contributed by atoms with Crippen LogP contribution in [-0.4, -0.2) is 39.0 Å². The molecule has 3 atom stereocenters. The van der Waals surface area contributed by atoms with Gasteiger partial charge in [-0.3, -0.25) is 0 Å². The predicted octanol–water partition coefficient (Wildman–Crippen LogP) is 2.06. The molecule has 0 heterocycles. The molecule has 0 aromatic carbocycles. The summed E-state index contributed by atoms with van der Waals surface area (Å²) in [6, 6.07) is 0.586. The maximum Gasteiger partial charge on any atom is 0.0655 e. The van der Waals surface area contributed by atoms with E-state index >= 15 is 0 Å². The molecule has 1 N–H and O–H groups in total. The molecule has 1 aliphatic carbocycles. The molecule has 0 saturated heterocycles. The Bertz CT molecular complexity index is 206. The maximum absolute atomic E-state index is 5.71. The van der Waals surface area contributed by atoms with Crippen LogP contribution in [0.1, 0.15) is 34.1 Å². The zero-order chi connectivity index (χ0) is 12.2. The average molecular weight is 229 g/mol. The molecule has 1 aliphatic rings. The van der Waals surface area contributed by atoms with Crippen molar-refractivity contribution in [3.05, 3.63) is 0 Å². The van der Waals surface area contributed by atoms with E-state index < -0.39 is 0 Å². The highest BCUT2D eigenvalue weighted by molar-refractivity contribution is 5.02. The Morgan fingerprint density at radius 2 is 2.12 bits per heavy atom. The molecule has 1 saturated carbocycles. The first-order valence-corrected chi connectivity index (χ1v) is 6.36. The van der Waals surface area contributed by atoms with Crippen LogP contribution in [-0.2, 0) is 9.47 Å². The lowest BCUT2D eigenvalue weighted by atomic mass is 9.64. The van der Waals surface area contributed by atoms with Crippen LogP contribution in [0.2, 0.25) is 0 Å². The summed E-state index contributed by atoms with van der Waals surface area (Å²) in [6.07, 6.45) is 1.56. The predicted molar refractivity (Wildman–Crippen MR) is 66.6 cm³/mol. The molecule has 3 nitrogen and oxygen atoms in total. The minimum Gasteiger partial charge on any atom is -0.384 e. The smallest absolute Gasteiger partial charge is 0.0655 e. The highest BCUT2D eigenvalue weighted by Crippen LogP contribution is 2.42. The van der Waals surface area contributed by atoms with E-state index in [9.17, 15) is 0 Å². The van der Waals surface area contributed by atoms with Crippen molar-refractivity contribution in [3.8, 4) is 0 Å². The van der Waals surface area contributed by atoms with Gasteiger partial charge in [-0.2, -0.15) is 0 Å². The Balaban J connectivity index is 2.25. The van der Waals surface area contributed by atoms with E-state index in [0.29, 0.717) is 18.1 Å². The standard InChI is InChI=1S/C13H27NO2/c1-6-16-12-7-11(13(12,3)4)14-8-10(2)9-15-5/h10-12,14H,6-9H2,1-5H3. The van der Waals surface area contributed by atoms with Gasteiger partial charge in [-0.15, -0.1) is 0 Å². The van der Waals surface area contributed by atoms with Crippen molar-refractivity contribution in [2.75, 3.05) is 26.9 Å². The summed E-state index contributed by atoms with van der Waals surface area (Å²) in [7, 11) is 1.76. The number of ether oxygens (including phenoxy) is 2. The number of rotatable bonds is 7. The molecule has 0 aromatic heterocycles. The molecule has 16 heavy (non-hydrogen) atoms. The Morgan fingerprint density at radius 1 is 1.44 bits per heavy atom. The van der Waals surface area contributed by atoms with Crippen molar-refractivity contribution in [1.29, 1.82) is 0 Å². The van der Waals surface area contributed by atoms with Gasteiger partial charge < -0.3 is 14.8 Å². The zero-order valence-corrected chi connectivity index (χ0v) is 11.4.